The van der Waals surface area contributed by atoms with E-state index in [2.05, 4.69) is 30.8 Å². The predicted octanol–water partition coefficient (Wildman–Crippen LogP) is 3.00. The summed E-state index contributed by atoms with van der Waals surface area (Å²) in [5, 5.41) is 0. The Hall–Kier alpha value is -1.08. The fraction of sp³-hybridized carbons (Fsp3) is 0.385. The van der Waals surface area contributed by atoms with E-state index in [1.807, 2.05) is 20.8 Å². The molecule has 0 radical (unpaired) electrons. The Labute approximate surface area is 86.6 Å². The molecule has 0 aliphatic heterocycles. The highest BCUT2D eigenvalue weighted by molar-refractivity contribution is 5.61. The van der Waals surface area contributed by atoms with Crippen LogP contribution in [0.2, 0.25) is 0 Å². The molecule has 0 fully saturated rings. The van der Waals surface area contributed by atoms with Crippen molar-refractivity contribution in [1.29, 1.82) is 0 Å². The molecule has 76 valence electrons. The molecule has 0 unspecified atom stereocenters. The van der Waals surface area contributed by atoms with Crippen LogP contribution in [0.5, 0.6) is 0 Å². The van der Waals surface area contributed by atoms with Crippen LogP contribution in [0.4, 0.5) is 0 Å². The van der Waals surface area contributed by atoms with E-state index in [0.29, 0.717) is 0 Å². The second kappa shape index (κ2) is 3.97. The lowest BCUT2D eigenvalue weighted by Crippen LogP contribution is -2.34. The van der Waals surface area contributed by atoms with Crippen LogP contribution in [0, 0.1) is 0 Å². The maximum Gasteiger partial charge on any atom is 0.0138 e. The smallest absolute Gasteiger partial charge is 0.0138 e. The molecule has 1 nitrogen and oxygen atoms in total. The second-order valence-electron chi connectivity index (χ2n) is 4.65. The SMILES string of the molecule is C=C(C)c1cccc(CC(C)(C)N)c1. The minimum absolute atomic E-state index is 0.145. The van der Waals surface area contributed by atoms with E-state index in [1.54, 1.807) is 0 Å². The van der Waals surface area contributed by atoms with Gasteiger partial charge in [-0.05, 0) is 38.3 Å². The van der Waals surface area contributed by atoms with Crippen LogP contribution in [0.3, 0.4) is 0 Å². The Kier molecular flexibility index (Phi) is 3.12. The number of allylic oxidation sites excluding steroid dienone is 1. The van der Waals surface area contributed by atoms with Crippen LogP contribution in [-0.2, 0) is 6.42 Å². The standard InChI is InChI=1S/C13H19N/c1-10(2)12-7-5-6-11(8-12)9-13(3,4)14/h5-8H,1,9,14H2,2-4H3. The quantitative estimate of drug-likeness (QED) is 0.777. The fourth-order valence-electron chi connectivity index (χ4n) is 1.47. The summed E-state index contributed by atoms with van der Waals surface area (Å²) in [5.74, 6) is 0. The fourth-order valence-corrected chi connectivity index (χ4v) is 1.47. The van der Waals surface area contributed by atoms with Crippen molar-refractivity contribution < 1.29 is 0 Å². The number of hydrogen-bond donors (Lipinski definition) is 1. The monoisotopic (exact) mass is 189 g/mol. The Balaban J connectivity index is 2.89. The van der Waals surface area contributed by atoms with Gasteiger partial charge in [-0.25, -0.2) is 0 Å². The molecule has 0 amide bonds. The molecule has 1 aromatic rings. The van der Waals surface area contributed by atoms with Crippen LogP contribution < -0.4 is 5.73 Å². The van der Waals surface area contributed by atoms with Crippen molar-refractivity contribution in [3.05, 3.63) is 42.0 Å². The lowest BCUT2D eigenvalue weighted by Gasteiger charge is -2.18. The minimum atomic E-state index is -0.145. The van der Waals surface area contributed by atoms with E-state index < -0.39 is 0 Å². The average molecular weight is 189 g/mol. The number of rotatable bonds is 3. The molecule has 0 aliphatic carbocycles. The van der Waals surface area contributed by atoms with Crippen molar-refractivity contribution in [3.8, 4) is 0 Å². The van der Waals surface area contributed by atoms with Gasteiger partial charge in [-0.3, -0.25) is 0 Å². The first-order chi connectivity index (χ1) is 6.38. The van der Waals surface area contributed by atoms with Crippen LogP contribution in [-0.4, -0.2) is 5.54 Å². The van der Waals surface area contributed by atoms with Gasteiger partial charge in [0.1, 0.15) is 0 Å². The molecule has 1 heteroatoms. The predicted molar refractivity (Wildman–Crippen MR) is 63.1 cm³/mol. The summed E-state index contributed by atoms with van der Waals surface area (Å²) < 4.78 is 0. The molecule has 0 saturated carbocycles. The van der Waals surface area contributed by atoms with E-state index in [9.17, 15) is 0 Å². The van der Waals surface area contributed by atoms with Crippen LogP contribution in [0.1, 0.15) is 31.9 Å². The molecule has 0 aliphatic rings. The van der Waals surface area contributed by atoms with Gasteiger partial charge in [-0.2, -0.15) is 0 Å². The van der Waals surface area contributed by atoms with Gasteiger partial charge >= 0.3 is 0 Å². The van der Waals surface area contributed by atoms with Crippen molar-refractivity contribution in [2.75, 3.05) is 0 Å². The summed E-state index contributed by atoms with van der Waals surface area (Å²) in [7, 11) is 0. The van der Waals surface area contributed by atoms with Gasteiger partial charge in [0.2, 0.25) is 0 Å². The van der Waals surface area contributed by atoms with Crippen molar-refractivity contribution >= 4 is 5.57 Å². The van der Waals surface area contributed by atoms with E-state index in [1.165, 1.54) is 11.1 Å². The van der Waals surface area contributed by atoms with Crippen molar-refractivity contribution in [3.63, 3.8) is 0 Å². The molecule has 0 atom stereocenters. The summed E-state index contributed by atoms with van der Waals surface area (Å²) in [6.07, 6.45) is 0.897. The third-order valence-electron chi connectivity index (χ3n) is 2.08. The Morgan fingerprint density at radius 3 is 2.57 bits per heavy atom. The third kappa shape index (κ3) is 3.35. The molecule has 2 N–H and O–H groups in total. The van der Waals surface area contributed by atoms with Gasteiger partial charge in [0, 0.05) is 5.54 Å². The van der Waals surface area contributed by atoms with Gasteiger partial charge in [-0.1, -0.05) is 36.4 Å². The number of hydrogen-bond acceptors (Lipinski definition) is 1. The van der Waals surface area contributed by atoms with Crippen LogP contribution in [0.15, 0.2) is 30.8 Å². The average Bonchev–Trinajstić information content (AvgIpc) is 2.01. The Morgan fingerprint density at radius 1 is 1.43 bits per heavy atom. The van der Waals surface area contributed by atoms with E-state index in [4.69, 9.17) is 5.73 Å². The van der Waals surface area contributed by atoms with Gasteiger partial charge in [0.05, 0.1) is 0 Å². The Bertz CT molecular complexity index is 331. The molecule has 0 aromatic heterocycles. The molecular formula is C13H19N. The first-order valence-corrected chi connectivity index (χ1v) is 4.92. The normalized spacial score (nSPS) is 11.4. The van der Waals surface area contributed by atoms with Crippen LogP contribution >= 0.6 is 0 Å². The number of nitrogens with two attached hydrogens (primary N) is 1. The lowest BCUT2D eigenvalue weighted by molar-refractivity contribution is 0.517. The van der Waals surface area contributed by atoms with E-state index >= 15 is 0 Å². The highest BCUT2D eigenvalue weighted by atomic mass is 14.7. The number of benzene rings is 1. The minimum Gasteiger partial charge on any atom is -0.325 e. The highest BCUT2D eigenvalue weighted by Crippen LogP contribution is 2.16. The lowest BCUT2D eigenvalue weighted by atomic mass is 9.94. The molecule has 0 heterocycles. The zero-order chi connectivity index (χ0) is 10.8. The zero-order valence-corrected chi connectivity index (χ0v) is 9.30. The van der Waals surface area contributed by atoms with E-state index in [-0.39, 0.29) is 5.54 Å². The second-order valence-corrected chi connectivity index (χ2v) is 4.65. The van der Waals surface area contributed by atoms with Gasteiger partial charge in [0.25, 0.3) is 0 Å². The van der Waals surface area contributed by atoms with Gasteiger partial charge in [-0.15, -0.1) is 0 Å². The molecular weight excluding hydrogens is 170 g/mol. The van der Waals surface area contributed by atoms with Crippen molar-refractivity contribution in [2.24, 2.45) is 5.73 Å². The molecule has 1 aromatic carbocycles. The molecule has 0 bridgehead atoms. The molecule has 14 heavy (non-hydrogen) atoms. The Morgan fingerprint density at radius 2 is 2.07 bits per heavy atom. The maximum atomic E-state index is 5.97. The van der Waals surface area contributed by atoms with Crippen molar-refractivity contribution in [1.82, 2.24) is 0 Å². The molecule has 0 spiro atoms. The molecule has 0 saturated heterocycles. The first-order valence-electron chi connectivity index (χ1n) is 4.92. The summed E-state index contributed by atoms with van der Waals surface area (Å²) in [5.41, 5.74) is 9.40. The highest BCUT2D eigenvalue weighted by Gasteiger charge is 2.11. The topological polar surface area (TPSA) is 26.0 Å². The zero-order valence-electron chi connectivity index (χ0n) is 9.30. The summed E-state index contributed by atoms with van der Waals surface area (Å²) >= 11 is 0. The third-order valence-corrected chi connectivity index (χ3v) is 2.08. The first kappa shape index (κ1) is 11.0. The summed E-state index contributed by atoms with van der Waals surface area (Å²) in [6, 6.07) is 8.42. The van der Waals surface area contributed by atoms with Crippen LogP contribution in [0.25, 0.3) is 5.57 Å². The maximum absolute atomic E-state index is 5.97. The molecule has 1 rings (SSSR count). The summed E-state index contributed by atoms with van der Waals surface area (Å²) in [6.45, 7) is 10.0. The van der Waals surface area contributed by atoms with Crippen molar-refractivity contribution in [2.45, 2.75) is 32.7 Å². The van der Waals surface area contributed by atoms with Gasteiger partial charge in [0.15, 0.2) is 0 Å². The van der Waals surface area contributed by atoms with Gasteiger partial charge < -0.3 is 5.73 Å². The largest absolute Gasteiger partial charge is 0.325 e. The van der Waals surface area contributed by atoms with E-state index in [0.717, 1.165) is 12.0 Å². The summed E-state index contributed by atoms with van der Waals surface area (Å²) in [4.78, 5) is 0.